The van der Waals surface area contributed by atoms with Gasteiger partial charge in [-0.1, -0.05) is 18.2 Å². The molecule has 1 aromatic heterocycles. The average molecular weight is 434 g/mol. The number of fused-ring (bicyclic) bond motifs is 1. The lowest BCUT2D eigenvalue weighted by molar-refractivity contribution is -0.384. The van der Waals surface area contributed by atoms with E-state index in [1.165, 1.54) is 12.1 Å². The molecule has 0 unspecified atom stereocenters. The quantitative estimate of drug-likeness (QED) is 0.219. The summed E-state index contributed by atoms with van der Waals surface area (Å²) in [6.45, 7) is 1.63. The van der Waals surface area contributed by atoms with Crippen LogP contribution in [0.4, 0.5) is 5.69 Å². The summed E-state index contributed by atoms with van der Waals surface area (Å²) in [5.74, 6) is -0.361. The van der Waals surface area contributed by atoms with Crippen molar-refractivity contribution in [2.45, 2.75) is 6.92 Å². The number of thioether (sulfide) groups is 1. The molecule has 1 fully saturated rings. The normalized spacial score (nSPS) is 16.8. The minimum absolute atomic E-state index is 0.0316. The fraction of sp³-hybridized carbons (Fsp3) is 0.0476. The van der Waals surface area contributed by atoms with Crippen LogP contribution in [0.1, 0.15) is 18.1 Å². The maximum Gasteiger partial charge on any atom is 0.345 e. The van der Waals surface area contributed by atoms with Crippen LogP contribution in [0.3, 0.4) is 0 Å². The molecule has 0 radical (unpaired) electrons. The van der Waals surface area contributed by atoms with Crippen molar-refractivity contribution in [2.24, 2.45) is 10.2 Å². The highest BCUT2D eigenvalue weighted by atomic mass is 32.2. The molecule has 1 aliphatic rings. The Morgan fingerprint density at radius 3 is 2.65 bits per heavy atom. The van der Waals surface area contributed by atoms with Crippen LogP contribution in [0.5, 0.6) is 0 Å². The topological polar surface area (TPSA) is 127 Å². The number of carbonyl (C=O) groups is 1. The third-order valence-corrected chi connectivity index (χ3v) is 5.27. The van der Waals surface area contributed by atoms with E-state index in [2.05, 4.69) is 15.5 Å². The Morgan fingerprint density at radius 2 is 1.90 bits per heavy atom. The molecule has 0 bridgehead atoms. The van der Waals surface area contributed by atoms with Gasteiger partial charge in [0.15, 0.2) is 5.17 Å². The maximum absolute atomic E-state index is 12.2. The van der Waals surface area contributed by atoms with Crippen molar-refractivity contribution in [3.05, 3.63) is 91.2 Å². The zero-order valence-electron chi connectivity index (χ0n) is 16.1. The van der Waals surface area contributed by atoms with Gasteiger partial charge in [0.25, 0.3) is 11.6 Å². The fourth-order valence-electron chi connectivity index (χ4n) is 2.81. The van der Waals surface area contributed by atoms with Gasteiger partial charge in [0.1, 0.15) is 5.58 Å². The second-order valence-corrected chi connectivity index (χ2v) is 7.52. The number of carbonyl (C=O) groups excluding carboxylic acids is 1. The van der Waals surface area contributed by atoms with Crippen LogP contribution in [-0.4, -0.2) is 21.7 Å². The minimum Gasteiger partial charge on any atom is -0.422 e. The van der Waals surface area contributed by atoms with Crippen molar-refractivity contribution in [1.82, 2.24) is 5.32 Å². The number of amides is 1. The second-order valence-electron chi connectivity index (χ2n) is 6.49. The number of nitrogens with one attached hydrogen (secondary N) is 1. The van der Waals surface area contributed by atoms with E-state index in [-0.39, 0.29) is 22.3 Å². The van der Waals surface area contributed by atoms with Gasteiger partial charge in [-0.2, -0.15) is 5.10 Å². The molecule has 0 saturated carbocycles. The summed E-state index contributed by atoms with van der Waals surface area (Å²) in [6, 6.07) is 14.6. The first-order chi connectivity index (χ1) is 14.9. The molecule has 9 nitrogen and oxygen atoms in total. The number of nitro benzene ring substituents is 1. The van der Waals surface area contributed by atoms with Crippen molar-refractivity contribution in [1.29, 1.82) is 0 Å². The van der Waals surface area contributed by atoms with Gasteiger partial charge in [-0.3, -0.25) is 20.2 Å². The van der Waals surface area contributed by atoms with Crippen molar-refractivity contribution in [3.8, 4) is 0 Å². The molecular weight excluding hydrogens is 420 g/mol. The Labute approximate surface area is 179 Å². The first-order valence-electron chi connectivity index (χ1n) is 9.01. The van der Waals surface area contributed by atoms with E-state index >= 15 is 0 Å². The highest BCUT2D eigenvalue weighted by Crippen LogP contribution is 2.26. The Morgan fingerprint density at radius 1 is 1.16 bits per heavy atom. The number of hydrogen-bond donors (Lipinski definition) is 1. The second kappa shape index (κ2) is 8.36. The summed E-state index contributed by atoms with van der Waals surface area (Å²) >= 11 is 1.08. The zero-order chi connectivity index (χ0) is 22.0. The first-order valence-corrected chi connectivity index (χ1v) is 9.83. The molecule has 1 N–H and O–H groups in total. The summed E-state index contributed by atoms with van der Waals surface area (Å²) in [5, 5.41) is 22.4. The summed E-state index contributed by atoms with van der Waals surface area (Å²) in [4.78, 5) is 35.0. The van der Waals surface area contributed by atoms with Crippen LogP contribution >= 0.6 is 11.8 Å². The molecule has 0 spiro atoms. The molecule has 154 valence electrons. The number of hydrogen-bond acceptors (Lipinski definition) is 8. The van der Waals surface area contributed by atoms with Crippen molar-refractivity contribution >= 4 is 51.3 Å². The summed E-state index contributed by atoms with van der Waals surface area (Å²) < 4.78 is 5.30. The standard InChI is InChI=1S/C21H14N4O5S/c1-12(16-11-14-4-2-3-5-17(14)30-20(16)27)23-24-21-22-19(26)18(31-21)10-13-6-8-15(9-7-13)25(28)29/h2-11H,1H3,(H,22,24,26). The monoisotopic (exact) mass is 434 g/mol. The lowest BCUT2D eigenvalue weighted by Crippen LogP contribution is -2.19. The highest BCUT2D eigenvalue weighted by Gasteiger charge is 2.24. The lowest BCUT2D eigenvalue weighted by Gasteiger charge is -2.00. The summed E-state index contributed by atoms with van der Waals surface area (Å²) in [7, 11) is 0. The van der Waals surface area contributed by atoms with Gasteiger partial charge in [-0.15, -0.1) is 5.10 Å². The van der Waals surface area contributed by atoms with Gasteiger partial charge < -0.3 is 4.42 Å². The Bertz CT molecular complexity index is 1360. The maximum atomic E-state index is 12.2. The molecular formula is C21H14N4O5S. The number of non-ortho nitro benzene ring substituents is 1. The molecule has 1 saturated heterocycles. The summed E-state index contributed by atoms with van der Waals surface area (Å²) in [6.07, 6.45) is 1.60. The first kappa shape index (κ1) is 20.2. The third-order valence-electron chi connectivity index (χ3n) is 4.37. The van der Waals surface area contributed by atoms with Gasteiger partial charge in [0, 0.05) is 17.5 Å². The van der Waals surface area contributed by atoms with Gasteiger partial charge in [0.05, 0.1) is 21.1 Å². The molecule has 2 aromatic carbocycles. The molecule has 1 amide bonds. The third kappa shape index (κ3) is 4.43. The zero-order valence-corrected chi connectivity index (χ0v) is 16.9. The Kier molecular flexibility index (Phi) is 5.46. The van der Waals surface area contributed by atoms with E-state index in [0.29, 0.717) is 21.8 Å². The van der Waals surface area contributed by atoms with Crippen LogP contribution in [-0.2, 0) is 4.79 Å². The minimum atomic E-state index is -0.526. The molecule has 0 atom stereocenters. The molecule has 3 aromatic rings. The van der Waals surface area contributed by atoms with Crippen LogP contribution in [0.15, 0.2) is 78.9 Å². The lowest BCUT2D eigenvalue weighted by atomic mass is 10.1. The smallest absolute Gasteiger partial charge is 0.345 e. The fourth-order valence-corrected chi connectivity index (χ4v) is 3.58. The molecule has 0 aliphatic carbocycles. The van der Waals surface area contributed by atoms with E-state index in [4.69, 9.17) is 4.42 Å². The van der Waals surface area contributed by atoms with Crippen molar-refractivity contribution < 1.29 is 14.1 Å². The molecule has 10 heteroatoms. The molecule has 1 aliphatic heterocycles. The predicted molar refractivity (Wildman–Crippen MR) is 119 cm³/mol. The number of rotatable bonds is 4. The van der Waals surface area contributed by atoms with Crippen LogP contribution < -0.4 is 10.9 Å². The molecule has 4 rings (SSSR count). The Hall–Kier alpha value is -4.05. The van der Waals surface area contributed by atoms with Crippen LogP contribution in [0, 0.1) is 10.1 Å². The highest BCUT2D eigenvalue weighted by molar-refractivity contribution is 8.18. The van der Waals surface area contributed by atoms with E-state index in [9.17, 15) is 19.7 Å². The number of benzene rings is 2. The predicted octanol–water partition coefficient (Wildman–Crippen LogP) is 3.69. The number of nitrogens with zero attached hydrogens (tertiary/aromatic N) is 3. The van der Waals surface area contributed by atoms with Gasteiger partial charge in [-0.05, 0) is 54.6 Å². The van der Waals surface area contributed by atoms with E-state index in [0.717, 1.165) is 17.1 Å². The summed E-state index contributed by atoms with van der Waals surface area (Å²) in [5.41, 5.74) is 1.18. The van der Waals surface area contributed by atoms with Crippen molar-refractivity contribution in [2.75, 3.05) is 0 Å². The van der Waals surface area contributed by atoms with E-state index in [1.807, 2.05) is 12.1 Å². The number of nitro groups is 1. The van der Waals surface area contributed by atoms with Crippen LogP contribution in [0.2, 0.25) is 0 Å². The molecule has 2 heterocycles. The van der Waals surface area contributed by atoms with E-state index in [1.54, 1.807) is 43.3 Å². The number of amidine groups is 1. The van der Waals surface area contributed by atoms with Gasteiger partial charge >= 0.3 is 5.63 Å². The Balaban J connectivity index is 1.55. The van der Waals surface area contributed by atoms with Crippen LogP contribution in [0.25, 0.3) is 17.0 Å². The largest absolute Gasteiger partial charge is 0.422 e. The van der Waals surface area contributed by atoms with Crippen molar-refractivity contribution in [3.63, 3.8) is 0 Å². The van der Waals surface area contributed by atoms with Gasteiger partial charge in [0.2, 0.25) is 0 Å². The van der Waals surface area contributed by atoms with Gasteiger partial charge in [-0.25, -0.2) is 4.79 Å². The number of para-hydroxylation sites is 1. The van der Waals surface area contributed by atoms with E-state index < -0.39 is 10.5 Å². The average Bonchev–Trinajstić information content (AvgIpc) is 3.11. The SMILES string of the molecule is CC(=N/N=C1/NC(=O)C(=Cc2ccc([N+](=O)[O-])cc2)S1)c1cc2ccccc2oc1=O. The molecule has 31 heavy (non-hydrogen) atoms.